The molecule has 1 aromatic rings. The lowest BCUT2D eigenvalue weighted by molar-refractivity contribution is -0.143. The highest BCUT2D eigenvalue weighted by atomic mass is 16.4. The fourth-order valence-electron chi connectivity index (χ4n) is 2.54. The molecule has 0 saturated carbocycles. The molecule has 0 aliphatic carbocycles. The van der Waals surface area contributed by atoms with Gasteiger partial charge in [0.1, 0.15) is 6.04 Å². The van der Waals surface area contributed by atoms with Crippen molar-refractivity contribution in [2.24, 2.45) is 5.92 Å². The van der Waals surface area contributed by atoms with Crippen LogP contribution in [-0.2, 0) is 4.79 Å². The molecule has 4 heteroatoms. The average Bonchev–Trinajstić information content (AvgIpc) is 2.46. The smallest absolute Gasteiger partial charge is 0.320 e. The summed E-state index contributed by atoms with van der Waals surface area (Å²) in [7, 11) is 0. The molecule has 0 aromatic heterocycles. The lowest BCUT2D eigenvalue weighted by atomic mass is 9.88. The molecule has 1 aliphatic rings. The number of hydrogen-bond donors (Lipinski definition) is 1. The summed E-state index contributed by atoms with van der Waals surface area (Å²) in [6.45, 7) is 3.05. The predicted molar refractivity (Wildman–Crippen MR) is 72.2 cm³/mol. The van der Waals surface area contributed by atoms with Crippen LogP contribution < -0.4 is 0 Å². The van der Waals surface area contributed by atoms with Crippen LogP contribution in [0.2, 0.25) is 0 Å². The maximum absolute atomic E-state index is 12.3. The second-order valence-electron chi connectivity index (χ2n) is 5.05. The molecule has 1 unspecified atom stereocenters. The molecular weight excluding hydrogens is 242 g/mol. The van der Waals surface area contributed by atoms with Crippen LogP contribution in [0.15, 0.2) is 30.3 Å². The van der Waals surface area contributed by atoms with Gasteiger partial charge in [0, 0.05) is 11.5 Å². The summed E-state index contributed by atoms with van der Waals surface area (Å²) in [6.07, 6.45) is 1.48. The van der Waals surface area contributed by atoms with Gasteiger partial charge in [0.25, 0.3) is 0 Å². The summed E-state index contributed by atoms with van der Waals surface area (Å²) in [5.74, 6) is -0.587. The fraction of sp³-hybridized carbons (Fsp3) is 0.467. The van der Waals surface area contributed by atoms with Crippen LogP contribution in [0.5, 0.6) is 0 Å². The summed E-state index contributed by atoms with van der Waals surface area (Å²) in [5, 5.41) is 8.98. The highest BCUT2D eigenvalue weighted by molar-refractivity contribution is 5.97. The van der Waals surface area contributed by atoms with E-state index in [1.165, 1.54) is 0 Å². The Morgan fingerprint density at radius 2 is 1.79 bits per heavy atom. The minimum Gasteiger partial charge on any atom is -0.480 e. The van der Waals surface area contributed by atoms with Gasteiger partial charge in [-0.2, -0.15) is 0 Å². The van der Waals surface area contributed by atoms with E-state index in [0.29, 0.717) is 13.1 Å². The van der Waals surface area contributed by atoms with Gasteiger partial charge in [-0.3, -0.25) is 14.5 Å². The fourth-order valence-corrected chi connectivity index (χ4v) is 2.54. The summed E-state index contributed by atoms with van der Waals surface area (Å²) >= 11 is 0. The number of benzene rings is 1. The van der Waals surface area contributed by atoms with Crippen molar-refractivity contribution >= 4 is 11.8 Å². The molecule has 19 heavy (non-hydrogen) atoms. The minimum absolute atomic E-state index is 0.0274. The Kier molecular flexibility index (Phi) is 4.32. The molecule has 102 valence electrons. The van der Waals surface area contributed by atoms with Gasteiger partial charge in [-0.1, -0.05) is 30.3 Å². The van der Waals surface area contributed by atoms with Crippen LogP contribution in [0.25, 0.3) is 0 Å². The maximum Gasteiger partial charge on any atom is 0.320 e. The molecule has 0 amide bonds. The number of aliphatic carboxylic acids is 1. The third kappa shape index (κ3) is 3.20. The van der Waals surface area contributed by atoms with Crippen LogP contribution in [0, 0.1) is 5.92 Å². The molecule has 1 aromatic carbocycles. The Balaban J connectivity index is 1.93. The summed E-state index contributed by atoms with van der Waals surface area (Å²) in [6, 6.07) is 8.86. The number of carboxylic acids is 1. The van der Waals surface area contributed by atoms with Crippen LogP contribution in [0.4, 0.5) is 0 Å². The van der Waals surface area contributed by atoms with Gasteiger partial charge >= 0.3 is 5.97 Å². The van der Waals surface area contributed by atoms with Crippen LogP contribution in [0.3, 0.4) is 0 Å². The molecule has 1 heterocycles. The van der Waals surface area contributed by atoms with Crippen molar-refractivity contribution in [3.8, 4) is 0 Å². The quantitative estimate of drug-likeness (QED) is 0.843. The molecule has 0 bridgehead atoms. The first-order valence-corrected chi connectivity index (χ1v) is 6.65. The van der Waals surface area contributed by atoms with E-state index in [0.717, 1.165) is 18.4 Å². The highest BCUT2D eigenvalue weighted by Crippen LogP contribution is 2.22. The van der Waals surface area contributed by atoms with E-state index >= 15 is 0 Å². The van der Waals surface area contributed by atoms with E-state index in [4.69, 9.17) is 5.11 Å². The van der Waals surface area contributed by atoms with Crippen molar-refractivity contribution in [1.29, 1.82) is 0 Å². The van der Waals surface area contributed by atoms with Gasteiger partial charge in [0.15, 0.2) is 5.78 Å². The average molecular weight is 261 g/mol. The first-order chi connectivity index (χ1) is 9.09. The number of carbonyl (C=O) groups excluding carboxylic acids is 1. The number of ketones is 1. The summed E-state index contributed by atoms with van der Waals surface area (Å²) in [5.41, 5.74) is 0.757. The molecular formula is C15H19NO3. The van der Waals surface area contributed by atoms with Crippen molar-refractivity contribution in [3.05, 3.63) is 35.9 Å². The number of carboxylic acid groups (broad SMARTS) is 1. The van der Waals surface area contributed by atoms with Crippen LogP contribution in [0.1, 0.15) is 30.1 Å². The van der Waals surface area contributed by atoms with E-state index < -0.39 is 12.0 Å². The Hall–Kier alpha value is -1.68. The third-order valence-corrected chi connectivity index (χ3v) is 3.86. The number of hydrogen-bond acceptors (Lipinski definition) is 3. The molecule has 1 fully saturated rings. The standard InChI is InChI=1S/C15H19NO3/c1-11(15(18)19)16-9-7-13(8-10-16)14(17)12-5-3-2-4-6-12/h2-6,11,13H,7-10H2,1H3,(H,18,19). The lowest BCUT2D eigenvalue weighted by Gasteiger charge is -2.33. The van der Waals surface area contributed by atoms with Crippen molar-refractivity contribution < 1.29 is 14.7 Å². The van der Waals surface area contributed by atoms with Crippen LogP contribution in [-0.4, -0.2) is 40.9 Å². The minimum atomic E-state index is -0.798. The molecule has 2 rings (SSSR count). The Labute approximate surface area is 113 Å². The van der Waals surface area contributed by atoms with Crippen molar-refractivity contribution in [1.82, 2.24) is 4.90 Å². The number of Topliss-reactive ketones (excluding diaryl/α,β-unsaturated/α-hetero) is 1. The van der Waals surface area contributed by atoms with E-state index in [9.17, 15) is 9.59 Å². The molecule has 1 aliphatic heterocycles. The first-order valence-electron chi connectivity index (χ1n) is 6.65. The second kappa shape index (κ2) is 5.97. The van der Waals surface area contributed by atoms with Crippen molar-refractivity contribution in [2.75, 3.05) is 13.1 Å². The molecule has 0 spiro atoms. The molecule has 4 nitrogen and oxygen atoms in total. The summed E-state index contributed by atoms with van der Waals surface area (Å²) < 4.78 is 0. The number of piperidine rings is 1. The molecule has 1 saturated heterocycles. The predicted octanol–water partition coefficient (Wildman–Crippen LogP) is 2.05. The van der Waals surface area contributed by atoms with E-state index in [1.54, 1.807) is 6.92 Å². The lowest BCUT2D eigenvalue weighted by Crippen LogP contribution is -2.45. The number of nitrogens with zero attached hydrogens (tertiary/aromatic N) is 1. The molecule has 1 atom stereocenters. The van der Waals surface area contributed by atoms with Gasteiger partial charge in [-0.15, -0.1) is 0 Å². The van der Waals surface area contributed by atoms with Gasteiger partial charge < -0.3 is 5.11 Å². The zero-order valence-corrected chi connectivity index (χ0v) is 11.1. The van der Waals surface area contributed by atoms with E-state index in [1.807, 2.05) is 35.2 Å². The van der Waals surface area contributed by atoms with Crippen LogP contribution >= 0.6 is 0 Å². The molecule has 0 radical (unpaired) electrons. The topological polar surface area (TPSA) is 57.6 Å². The monoisotopic (exact) mass is 261 g/mol. The van der Waals surface area contributed by atoms with E-state index in [2.05, 4.69) is 0 Å². The normalized spacial score (nSPS) is 19.0. The SMILES string of the molecule is CC(C(=O)O)N1CCC(C(=O)c2ccccc2)CC1. The van der Waals surface area contributed by atoms with Gasteiger partial charge in [-0.05, 0) is 32.9 Å². The zero-order chi connectivity index (χ0) is 13.8. The largest absolute Gasteiger partial charge is 0.480 e. The highest BCUT2D eigenvalue weighted by Gasteiger charge is 2.29. The summed E-state index contributed by atoms with van der Waals surface area (Å²) in [4.78, 5) is 25.1. The third-order valence-electron chi connectivity index (χ3n) is 3.86. The van der Waals surface area contributed by atoms with Gasteiger partial charge in [0.2, 0.25) is 0 Å². The van der Waals surface area contributed by atoms with E-state index in [-0.39, 0.29) is 11.7 Å². The Morgan fingerprint density at radius 3 is 2.32 bits per heavy atom. The maximum atomic E-state index is 12.3. The second-order valence-corrected chi connectivity index (χ2v) is 5.05. The van der Waals surface area contributed by atoms with Gasteiger partial charge in [-0.25, -0.2) is 0 Å². The Bertz CT molecular complexity index is 450. The Morgan fingerprint density at radius 1 is 1.21 bits per heavy atom. The molecule has 1 N–H and O–H groups in total. The number of rotatable bonds is 4. The van der Waals surface area contributed by atoms with Crippen molar-refractivity contribution in [2.45, 2.75) is 25.8 Å². The first kappa shape index (κ1) is 13.7. The zero-order valence-electron chi connectivity index (χ0n) is 11.1. The van der Waals surface area contributed by atoms with Gasteiger partial charge in [0.05, 0.1) is 0 Å². The number of likely N-dealkylation sites (tertiary alicyclic amines) is 1. The van der Waals surface area contributed by atoms with Crippen molar-refractivity contribution in [3.63, 3.8) is 0 Å². The number of carbonyl (C=O) groups is 2.